The minimum Gasteiger partial charge on any atom is -0.379 e. The first kappa shape index (κ1) is 13.9. The average Bonchev–Trinajstić information content (AvgIpc) is 2.30. The fourth-order valence-electron chi connectivity index (χ4n) is 1.43. The van der Waals surface area contributed by atoms with Crippen molar-refractivity contribution in [2.75, 3.05) is 39.4 Å². The molecule has 0 unspecified atom stereocenters. The lowest BCUT2D eigenvalue weighted by molar-refractivity contribution is -0.133. The summed E-state index contributed by atoms with van der Waals surface area (Å²) >= 11 is 0. The molecular formula is C10H20N4O3. The summed E-state index contributed by atoms with van der Waals surface area (Å²) in [7, 11) is 0. The zero-order chi connectivity index (χ0) is 12.5. The summed E-state index contributed by atoms with van der Waals surface area (Å²) in [5.41, 5.74) is 7.96. The van der Waals surface area contributed by atoms with E-state index in [4.69, 9.17) is 10.5 Å². The van der Waals surface area contributed by atoms with Gasteiger partial charge < -0.3 is 15.8 Å². The molecule has 0 radical (unpaired) electrons. The van der Waals surface area contributed by atoms with Crippen LogP contribution in [-0.4, -0.2) is 56.2 Å². The van der Waals surface area contributed by atoms with E-state index in [-0.39, 0.29) is 18.2 Å². The van der Waals surface area contributed by atoms with E-state index in [1.54, 1.807) is 5.01 Å². The van der Waals surface area contributed by atoms with Crippen LogP contribution in [0, 0.1) is 0 Å². The highest BCUT2D eigenvalue weighted by Crippen LogP contribution is 1.93. The van der Waals surface area contributed by atoms with Crippen molar-refractivity contribution in [2.24, 2.45) is 5.73 Å². The Morgan fingerprint density at radius 3 is 2.59 bits per heavy atom. The molecule has 17 heavy (non-hydrogen) atoms. The predicted molar refractivity (Wildman–Crippen MR) is 61.8 cm³/mol. The molecule has 2 amide bonds. The number of rotatable bonds is 6. The van der Waals surface area contributed by atoms with E-state index in [0.29, 0.717) is 39.4 Å². The van der Waals surface area contributed by atoms with Crippen LogP contribution in [0.5, 0.6) is 0 Å². The molecule has 1 heterocycles. The van der Waals surface area contributed by atoms with Crippen LogP contribution in [0.25, 0.3) is 0 Å². The maximum absolute atomic E-state index is 11.5. The fraction of sp³-hybridized carbons (Fsp3) is 0.800. The summed E-state index contributed by atoms with van der Waals surface area (Å²) in [4.78, 5) is 22.8. The topological polar surface area (TPSA) is 96.7 Å². The summed E-state index contributed by atoms with van der Waals surface area (Å²) in [6.07, 6.45) is 0.568. The number of amides is 2. The third kappa shape index (κ3) is 6.20. The van der Waals surface area contributed by atoms with Gasteiger partial charge in [-0.15, -0.1) is 0 Å². The van der Waals surface area contributed by atoms with Crippen molar-refractivity contribution in [3.8, 4) is 0 Å². The van der Waals surface area contributed by atoms with Crippen molar-refractivity contribution in [3.63, 3.8) is 0 Å². The number of nitrogens with one attached hydrogen (secondary N) is 2. The molecule has 1 saturated heterocycles. The molecule has 0 aliphatic carbocycles. The van der Waals surface area contributed by atoms with Gasteiger partial charge in [0, 0.05) is 19.6 Å². The second kappa shape index (κ2) is 7.99. The van der Waals surface area contributed by atoms with Gasteiger partial charge in [-0.25, -0.2) is 5.01 Å². The number of carbonyl (C=O) groups is 2. The van der Waals surface area contributed by atoms with Gasteiger partial charge in [-0.2, -0.15) is 0 Å². The molecule has 1 aliphatic rings. The molecule has 1 fully saturated rings. The normalized spacial score (nSPS) is 16.5. The molecule has 4 N–H and O–H groups in total. The number of carbonyl (C=O) groups excluding carboxylic acids is 2. The van der Waals surface area contributed by atoms with Gasteiger partial charge in [0.2, 0.25) is 11.8 Å². The molecule has 0 atom stereocenters. The summed E-state index contributed by atoms with van der Waals surface area (Å²) in [5, 5.41) is 4.39. The third-order valence-corrected chi connectivity index (χ3v) is 2.32. The number of nitrogens with zero attached hydrogens (tertiary/aromatic N) is 1. The lowest BCUT2D eigenvalue weighted by Gasteiger charge is -2.26. The molecule has 98 valence electrons. The SMILES string of the molecule is NCCCNC(=O)CC(=O)NN1CCOCC1. The van der Waals surface area contributed by atoms with Crippen molar-refractivity contribution in [1.29, 1.82) is 0 Å². The second-order valence-corrected chi connectivity index (χ2v) is 3.80. The standard InChI is InChI=1S/C10H20N4O3/c11-2-1-3-12-9(15)8-10(16)13-14-4-6-17-7-5-14/h1-8,11H2,(H,12,15)(H,13,16). The van der Waals surface area contributed by atoms with E-state index < -0.39 is 0 Å². The zero-order valence-corrected chi connectivity index (χ0v) is 9.91. The summed E-state index contributed by atoms with van der Waals surface area (Å²) in [5.74, 6) is -0.568. The van der Waals surface area contributed by atoms with Gasteiger partial charge >= 0.3 is 0 Å². The molecule has 1 aliphatic heterocycles. The number of hydrazine groups is 1. The molecule has 0 bridgehead atoms. The quantitative estimate of drug-likeness (QED) is 0.378. The second-order valence-electron chi connectivity index (χ2n) is 3.80. The Kier molecular flexibility index (Phi) is 6.53. The highest BCUT2D eigenvalue weighted by Gasteiger charge is 2.15. The van der Waals surface area contributed by atoms with Crippen molar-refractivity contribution in [1.82, 2.24) is 15.8 Å². The minimum atomic E-state index is -0.294. The Morgan fingerprint density at radius 2 is 1.94 bits per heavy atom. The van der Waals surface area contributed by atoms with Gasteiger partial charge in [-0.3, -0.25) is 15.0 Å². The molecule has 7 heteroatoms. The van der Waals surface area contributed by atoms with E-state index in [1.807, 2.05) is 0 Å². The highest BCUT2D eigenvalue weighted by molar-refractivity contribution is 5.96. The lowest BCUT2D eigenvalue weighted by atomic mass is 10.3. The summed E-state index contributed by atoms with van der Waals surface area (Å²) < 4.78 is 5.14. The van der Waals surface area contributed by atoms with E-state index in [9.17, 15) is 9.59 Å². The molecule has 0 aromatic carbocycles. The Bertz CT molecular complexity index is 254. The van der Waals surface area contributed by atoms with Gasteiger partial charge in [0.05, 0.1) is 13.2 Å². The maximum atomic E-state index is 11.5. The molecular weight excluding hydrogens is 224 g/mol. The number of morpholine rings is 1. The molecule has 7 nitrogen and oxygen atoms in total. The summed E-state index contributed by atoms with van der Waals surface area (Å²) in [6.45, 7) is 3.55. The monoisotopic (exact) mass is 244 g/mol. The van der Waals surface area contributed by atoms with Gasteiger partial charge in [0.25, 0.3) is 0 Å². The molecule has 0 aromatic rings. The van der Waals surface area contributed by atoms with Gasteiger partial charge in [0.15, 0.2) is 0 Å². The zero-order valence-electron chi connectivity index (χ0n) is 9.91. The predicted octanol–water partition coefficient (Wildman–Crippen LogP) is -1.80. The Balaban J connectivity index is 2.12. The first-order valence-electron chi connectivity index (χ1n) is 5.81. The van der Waals surface area contributed by atoms with Gasteiger partial charge in [-0.05, 0) is 13.0 Å². The van der Waals surface area contributed by atoms with Crippen LogP contribution in [0.15, 0.2) is 0 Å². The maximum Gasteiger partial charge on any atom is 0.243 e. The minimum absolute atomic E-state index is 0.151. The molecule has 0 spiro atoms. The van der Waals surface area contributed by atoms with E-state index in [0.717, 1.165) is 6.42 Å². The van der Waals surface area contributed by atoms with Crippen LogP contribution in [0.2, 0.25) is 0 Å². The first-order chi connectivity index (χ1) is 8.22. The van der Waals surface area contributed by atoms with Crippen molar-refractivity contribution in [2.45, 2.75) is 12.8 Å². The number of hydrogen-bond donors (Lipinski definition) is 3. The average molecular weight is 244 g/mol. The van der Waals surface area contributed by atoms with Crippen LogP contribution < -0.4 is 16.5 Å². The highest BCUT2D eigenvalue weighted by atomic mass is 16.5. The van der Waals surface area contributed by atoms with Crippen molar-refractivity contribution in [3.05, 3.63) is 0 Å². The van der Waals surface area contributed by atoms with E-state index in [1.165, 1.54) is 0 Å². The van der Waals surface area contributed by atoms with E-state index in [2.05, 4.69) is 10.7 Å². The lowest BCUT2D eigenvalue weighted by Crippen LogP contribution is -2.49. The largest absolute Gasteiger partial charge is 0.379 e. The van der Waals surface area contributed by atoms with Crippen LogP contribution in [0.4, 0.5) is 0 Å². The molecule has 0 saturated carbocycles. The number of ether oxygens (including phenoxy) is 1. The van der Waals surface area contributed by atoms with Crippen LogP contribution >= 0.6 is 0 Å². The third-order valence-electron chi connectivity index (χ3n) is 2.32. The Morgan fingerprint density at radius 1 is 1.24 bits per heavy atom. The van der Waals surface area contributed by atoms with Crippen LogP contribution in [0.3, 0.4) is 0 Å². The van der Waals surface area contributed by atoms with Crippen molar-refractivity contribution < 1.29 is 14.3 Å². The first-order valence-corrected chi connectivity index (χ1v) is 5.81. The smallest absolute Gasteiger partial charge is 0.243 e. The van der Waals surface area contributed by atoms with E-state index >= 15 is 0 Å². The number of hydrogen-bond acceptors (Lipinski definition) is 5. The Hall–Kier alpha value is -1.18. The van der Waals surface area contributed by atoms with Crippen LogP contribution in [0.1, 0.15) is 12.8 Å². The summed E-state index contributed by atoms with van der Waals surface area (Å²) in [6, 6.07) is 0. The number of nitrogens with two attached hydrogens (primary N) is 1. The Labute approximate surface area is 101 Å². The molecule has 0 aromatic heterocycles. The van der Waals surface area contributed by atoms with Gasteiger partial charge in [-0.1, -0.05) is 0 Å². The van der Waals surface area contributed by atoms with Gasteiger partial charge in [0.1, 0.15) is 6.42 Å². The molecule has 1 rings (SSSR count). The van der Waals surface area contributed by atoms with Crippen molar-refractivity contribution >= 4 is 11.8 Å². The fourth-order valence-corrected chi connectivity index (χ4v) is 1.43. The van der Waals surface area contributed by atoms with Crippen LogP contribution in [-0.2, 0) is 14.3 Å².